The van der Waals surface area contributed by atoms with Crippen LogP contribution in [0, 0.1) is 21.4 Å². The minimum absolute atomic E-state index is 0.0489. The molecule has 0 aliphatic heterocycles. The molecule has 0 unspecified atom stereocenters. The molecule has 76 valence electrons. The predicted molar refractivity (Wildman–Crippen MR) is 47.1 cm³/mol. The second-order valence-electron chi connectivity index (χ2n) is 2.54. The number of nitriles is 1. The van der Waals surface area contributed by atoms with Gasteiger partial charge < -0.3 is 0 Å². The number of rotatable bonds is 2. The first kappa shape index (κ1) is 10.6. The number of hydrogen-bond acceptors (Lipinski definition) is 5. The number of hydroxylamine groups is 1. The third-order valence-corrected chi connectivity index (χ3v) is 1.68. The van der Waals surface area contributed by atoms with E-state index in [1.807, 2.05) is 0 Å². The summed E-state index contributed by atoms with van der Waals surface area (Å²) < 4.78 is 0. The van der Waals surface area contributed by atoms with E-state index in [9.17, 15) is 14.9 Å². The molecule has 0 bridgehead atoms. The van der Waals surface area contributed by atoms with Crippen LogP contribution in [0.15, 0.2) is 18.2 Å². The van der Waals surface area contributed by atoms with E-state index in [2.05, 4.69) is 0 Å². The number of carbonyl (C=O) groups excluding carboxylic acids is 1. The Morgan fingerprint density at radius 2 is 2.27 bits per heavy atom. The van der Waals surface area contributed by atoms with E-state index in [1.165, 1.54) is 5.48 Å². The molecule has 1 rings (SSSR count). The largest absolute Gasteiger partial charge is 0.288 e. The summed E-state index contributed by atoms with van der Waals surface area (Å²) in [5.74, 6) is -0.963. The molecule has 0 aliphatic rings. The Bertz CT molecular complexity index is 463. The van der Waals surface area contributed by atoms with Crippen molar-refractivity contribution in [2.45, 2.75) is 0 Å². The summed E-state index contributed by atoms with van der Waals surface area (Å²) in [6, 6.07) is 4.85. The quantitative estimate of drug-likeness (QED) is 0.418. The van der Waals surface area contributed by atoms with Crippen LogP contribution in [0.2, 0.25) is 0 Å². The van der Waals surface area contributed by atoms with Crippen molar-refractivity contribution >= 4 is 11.6 Å². The van der Waals surface area contributed by atoms with Gasteiger partial charge in [-0.25, -0.2) is 5.48 Å². The second-order valence-corrected chi connectivity index (χ2v) is 2.54. The van der Waals surface area contributed by atoms with Gasteiger partial charge >= 0.3 is 0 Å². The Balaban J connectivity index is 3.33. The lowest BCUT2D eigenvalue weighted by Gasteiger charge is -2.00. The molecule has 0 aliphatic carbocycles. The van der Waals surface area contributed by atoms with Crippen LogP contribution in [0.25, 0.3) is 0 Å². The number of hydrogen-bond donors (Lipinski definition) is 2. The van der Waals surface area contributed by atoms with Crippen molar-refractivity contribution in [3.8, 4) is 6.07 Å². The molecular formula is C8H5N3O4. The van der Waals surface area contributed by atoms with E-state index in [0.717, 1.165) is 18.2 Å². The summed E-state index contributed by atoms with van der Waals surface area (Å²) in [4.78, 5) is 20.7. The first-order valence-corrected chi connectivity index (χ1v) is 3.73. The highest BCUT2D eigenvalue weighted by Crippen LogP contribution is 2.17. The van der Waals surface area contributed by atoms with Crippen LogP contribution in [-0.2, 0) is 0 Å². The molecule has 0 fully saturated rings. The molecule has 7 heteroatoms. The van der Waals surface area contributed by atoms with Gasteiger partial charge in [-0.15, -0.1) is 0 Å². The average Bonchev–Trinajstić information content (AvgIpc) is 2.27. The fourth-order valence-corrected chi connectivity index (χ4v) is 0.991. The molecule has 15 heavy (non-hydrogen) atoms. The van der Waals surface area contributed by atoms with E-state index >= 15 is 0 Å². The zero-order valence-electron chi connectivity index (χ0n) is 7.30. The smallest absolute Gasteiger partial charge is 0.276 e. The van der Waals surface area contributed by atoms with E-state index < -0.39 is 10.8 Å². The summed E-state index contributed by atoms with van der Waals surface area (Å²) in [6.07, 6.45) is 0. The number of nitrogens with one attached hydrogen (secondary N) is 1. The van der Waals surface area contributed by atoms with Crippen molar-refractivity contribution in [3.63, 3.8) is 0 Å². The van der Waals surface area contributed by atoms with Gasteiger partial charge in [-0.2, -0.15) is 5.26 Å². The highest BCUT2D eigenvalue weighted by atomic mass is 16.6. The third-order valence-electron chi connectivity index (χ3n) is 1.68. The molecule has 7 nitrogen and oxygen atoms in total. The number of nitro groups is 1. The monoisotopic (exact) mass is 207 g/mol. The zero-order chi connectivity index (χ0) is 11.4. The standard InChI is InChI=1S/C8H5N3O4/c9-4-5-1-2-6(11(14)15)3-7(5)8(12)10-13/h1-3,13H,(H,10,12). The Hall–Kier alpha value is -2.46. The number of amides is 1. The van der Waals surface area contributed by atoms with E-state index in [-0.39, 0.29) is 16.8 Å². The van der Waals surface area contributed by atoms with Crippen molar-refractivity contribution in [3.05, 3.63) is 39.4 Å². The molecule has 0 saturated heterocycles. The molecule has 0 saturated carbocycles. The summed E-state index contributed by atoms with van der Waals surface area (Å²) in [7, 11) is 0. The molecule has 0 heterocycles. The number of nitro benzene ring substituents is 1. The molecule has 1 aromatic carbocycles. The maximum absolute atomic E-state index is 11.0. The maximum Gasteiger partial charge on any atom is 0.276 e. The van der Waals surface area contributed by atoms with Gasteiger partial charge in [0.2, 0.25) is 0 Å². The molecule has 0 atom stereocenters. The molecule has 0 aromatic heterocycles. The highest BCUT2D eigenvalue weighted by Gasteiger charge is 2.15. The van der Waals surface area contributed by atoms with Crippen LogP contribution in [0.1, 0.15) is 15.9 Å². The third kappa shape index (κ3) is 2.07. The first-order valence-electron chi connectivity index (χ1n) is 3.73. The predicted octanol–water partition coefficient (Wildman–Crippen LogP) is 0.585. The van der Waals surface area contributed by atoms with Gasteiger partial charge in [0.25, 0.3) is 11.6 Å². The molecule has 1 aromatic rings. The number of carbonyl (C=O) groups is 1. The second kappa shape index (κ2) is 4.17. The van der Waals surface area contributed by atoms with Crippen LogP contribution in [0.3, 0.4) is 0 Å². The highest BCUT2D eigenvalue weighted by molar-refractivity contribution is 5.96. The minimum Gasteiger partial charge on any atom is -0.288 e. The molecular weight excluding hydrogens is 202 g/mol. The normalized spacial score (nSPS) is 9.07. The van der Waals surface area contributed by atoms with Crippen molar-refractivity contribution in [2.24, 2.45) is 0 Å². The van der Waals surface area contributed by atoms with E-state index in [4.69, 9.17) is 10.5 Å². The molecule has 1 amide bonds. The van der Waals surface area contributed by atoms with Crippen LogP contribution < -0.4 is 5.48 Å². The molecule has 0 radical (unpaired) electrons. The maximum atomic E-state index is 11.0. The van der Waals surface area contributed by atoms with Crippen molar-refractivity contribution in [1.82, 2.24) is 5.48 Å². The molecule has 2 N–H and O–H groups in total. The Morgan fingerprint density at radius 3 is 2.73 bits per heavy atom. The summed E-state index contributed by atoms with van der Waals surface area (Å²) >= 11 is 0. The van der Waals surface area contributed by atoms with Crippen molar-refractivity contribution in [1.29, 1.82) is 5.26 Å². The fraction of sp³-hybridized carbons (Fsp3) is 0. The van der Waals surface area contributed by atoms with Crippen LogP contribution in [0.4, 0.5) is 5.69 Å². The Morgan fingerprint density at radius 1 is 1.60 bits per heavy atom. The van der Waals surface area contributed by atoms with Gasteiger partial charge in [-0.3, -0.25) is 20.1 Å². The summed E-state index contributed by atoms with van der Waals surface area (Å²) in [5.41, 5.74) is 0.693. The van der Waals surface area contributed by atoms with E-state index in [0.29, 0.717) is 0 Å². The first-order chi connectivity index (χ1) is 7.10. The zero-order valence-corrected chi connectivity index (χ0v) is 7.30. The lowest BCUT2D eigenvalue weighted by atomic mass is 10.1. The fourth-order valence-electron chi connectivity index (χ4n) is 0.991. The lowest BCUT2D eigenvalue weighted by Crippen LogP contribution is -2.19. The van der Waals surface area contributed by atoms with Crippen molar-refractivity contribution < 1.29 is 14.9 Å². The van der Waals surface area contributed by atoms with Gasteiger partial charge in [-0.1, -0.05) is 0 Å². The Kier molecular flexibility index (Phi) is 2.95. The van der Waals surface area contributed by atoms with Gasteiger partial charge in [0.15, 0.2) is 0 Å². The number of non-ortho nitro benzene ring substituents is 1. The topological polar surface area (TPSA) is 116 Å². The van der Waals surface area contributed by atoms with Crippen LogP contribution >= 0.6 is 0 Å². The van der Waals surface area contributed by atoms with Gasteiger partial charge in [0.05, 0.1) is 22.1 Å². The van der Waals surface area contributed by atoms with Crippen LogP contribution in [-0.4, -0.2) is 16.0 Å². The van der Waals surface area contributed by atoms with Gasteiger partial charge in [0, 0.05) is 12.1 Å². The Labute approximate surface area is 83.7 Å². The lowest BCUT2D eigenvalue weighted by molar-refractivity contribution is -0.384. The summed E-state index contributed by atoms with van der Waals surface area (Å²) in [6.45, 7) is 0. The minimum atomic E-state index is -0.963. The van der Waals surface area contributed by atoms with Crippen LogP contribution in [0.5, 0.6) is 0 Å². The average molecular weight is 207 g/mol. The van der Waals surface area contributed by atoms with Crippen molar-refractivity contribution in [2.75, 3.05) is 0 Å². The van der Waals surface area contributed by atoms with Gasteiger partial charge in [0.1, 0.15) is 0 Å². The number of benzene rings is 1. The SMILES string of the molecule is N#Cc1ccc([N+](=O)[O-])cc1C(=O)NO. The number of nitrogens with zero attached hydrogens (tertiary/aromatic N) is 2. The summed E-state index contributed by atoms with van der Waals surface area (Å²) in [5, 5.41) is 27.4. The molecule has 0 spiro atoms. The van der Waals surface area contributed by atoms with E-state index in [1.54, 1.807) is 6.07 Å². The van der Waals surface area contributed by atoms with Gasteiger partial charge in [-0.05, 0) is 6.07 Å².